The fourth-order valence-corrected chi connectivity index (χ4v) is 2.68. The first-order chi connectivity index (χ1) is 9.90. The van der Waals surface area contributed by atoms with E-state index in [-0.39, 0.29) is 0 Å². The van der Waals surface area contributed by atoms with Crippen molar-refractivity contribution in [2.75, 3.05) is 37.6 Å². The Morgan fingerprint density at radius 3 is 2.33 bits per heavy atom. The molecule has 0 spiro atoms. The van der Waals surface area contributed by atoms with E-state index in [9.17, 15) is 18.3 Å². The molecular weight excluding hydrogens is 281 g/mol. The van der Waals surface area contributed by atoms with Crippen LogP contribution in [0.5, 0.6) is 0 Å². The molecular formula is C15H21F3N2O. The number of aliphatic hydroxyl groups excluding tert-OH is 1. The predicted octanol–water partition coefficient (Wildman–Crippen LogP) is 2.81. The van der Waals surface area contributed by atoms with Crippen LogP contribution in [-0.2, 0) is 0 Å². The van der Waals surface area contributed by atoms with Gasteiger partial charge in [-0.1, -0.05) is 25.1 Å². The van der Waals surface area contributed by atoms with Gasteiger partial charge in [-0.05, 0) is 12.5 Å². The van der Waals surface area contributed by atoms with Gasteiger partial charge in [-0.25, -0.2) is 0 Å². The molecule has 0 saturated carbocycles. The Morgan fingerprint density at radius 2 is 1.76 bits per heavy atom. The minimum atomic E-state index is -4.14. The van der Waals surface area contributed by atoms with Gasteiger partial charge in [0, 0.05) is 37.4 Å². The molecule has 0 radical (unpaired) electrons. The molecule has 1 aliphatic rings. The second kappa shape index (κ2) is 6.66. The van der Waals surface area contributed by atoms with Crippen molar-refractivity contribution in [3.63, 3.8) is 0 Å². The zero-order chi connectivity index (χ0) is 15.5. The summed E-state index contributed by atoms with van der Waals surface area (Å²) in [5.74, 6) is 0. The number of hydrogen-bond donors (Lipinski definition) is 1. The van der Waals surface area contributed by atoms with E-state index >= 15 is 0 Å². The van der Waals surface area contributed by atoms with Crippen LogP contribution in [0.4, 0.5) is 18.9 Å². The van der Waals surface area contributed by atoms with Crippen LogP contribution in [0.3, 0.4) is 0 Å². The molecule has 1 aromatic carbocycles. The van der Waals surface area contributed by atoms with E-state index in [1.165, 1.54) is 4.90 Å². The first-order valence-electron chi connectivity index (χ1n) is 7.21. The van der Waals surface area contributed by atoms with E-state index < -0.39 is 18.8 Å². The number of aliphatic hydroxyl groups is 1. The van der Waals surface area contributed by atoms with Gasteiger partial charge < -0.3 is 10.0 Å². The van der Waals surface area contributed by atoms with Gasteiger partial charge in [-0.2, -0.15) is 13.2 Å². The lowest BCUT2D eigenvalue weighted by Crippen LogP contribution is -2.49. The second-order valence-corrected chi connectivity index (χ2v) is 5.36. The fraction of sp³-hybridized carbons (Fsp3) is 0.600. The zero-order valence-electron chi connectivity index (χ0n) is 12.1. The summed E-state index contributed by atoms with van der Waals surface area (Å²) >= 11 is 0. The van der Waals surface area contributed by atoms with Gasteiger partial charge in [0.1, 0.15) is 0 Å². The monoisotopic (exact) mass is 302 g/mol. The Kier molecular flexibility index (Phi) is 5.11. The van der Waals surface area contributed by atoms with E-state index in [1.54, 1.807) is 0 Å². The summed E-state index contributed by atoms with van der Waals surface area (Å²) in [4.78, 5) is 3.48. The number of anilines is 1. The van der Waals surface area contributed by atoms with E-state index in [0.29, 0.717) is 32.6 Å². The molecule has 2 rings (SSSR count). The number of halogens is 3. The first kappa shape index (κ1) is 16.1. The SMILES string of the molecule is CCC(O)c1ccccc1N1CCN(CC(F)(F)F)CC1. The molecule has 1 heterocycles. The molecule has 21 heavy (non-hydrogen) atoms. The van der Waals surface area contributed by atoms with Crippen LogP contribution in [0.1, 0.15) is 25.0 Å². The van der Waals surface area contributed by atoms with E-state index in [2.05, 4.69) is 4.90 Å². The largest absolute Gasteiger partial charge is 0.401 e. The molecule has 1 saturated heterocycles. The normalized spacial score (nSPS) is 18.8. The molecule has 6 heteroatoms. The van der Waals surface area contributed by atoms with Crippen LogP contribution in [0.15, 0.2) is 24.3 Å². The van der Waals surface area contributed by atoms with Crippen LogP contribution in [-0.4, -0.2) is 48.9 Å². The third-order valence-electron chi connectivity index (χ3n) is 3.80. The molecule has 1 unspecified atom stereocenters. The summed E-state index contributed by atoms with van der Waals surface area (Å²) in [6, 6.07) is 7.57. The van der Waals surface area contributed by atoms with Gasteiger partial charge in [0.2, 0.25) is 0 Å². The molecule has 1 atom stereocenters. The lowest BCUT2D eigenvalue weighted by Gasteiger charge is -2.37. The highest BCUT2D eigenvalue weighted by molar-refractivity contribution is 5.55. The molecule has 1 aromatic rings. The van der Waals surface area contributed by atoms with Crippen molar-refractivity contribution in [2.24, 2.45) is 0 Å². The lowest BCUT2D eigenvalue weighted by atomic mass is 10.0. The average molecular weight is 302 g/mol. The quantitative estimate of drug-likeness (QED) is 0.926. The topological polar surface area (TPSA) is 26.7 Å². The smallest absolute Gasteiger partial charge is 0.388 e. The zero-order valence-corrected chi connectivity index (χ0v) is 12.1. The van der Waals surface area contributed by atoms with Crippen molar-refractivity contribution in [2.45, 2.75) is 25.6 Å². The summed E-state index contributed by atoms with van der Waals surface area (Å²) in [5, 5.41) is 10.1. The third-order valence-corrected chi connectivity index (χ3v) is 3.80. The van der Waals surface area contributed by atoms with E-state index in [0.717, 1.165) is 11.3 Å². The summed E-state index contributed by atoms with van der Waals surface area (Å²) in [7, 11) is 0. The van der Waals surface area contributed by atoms with Crippen molar-refractivity contribution < 1.29 is 18.3 Å². The number of benzene rings is 1. The Bertz CT molecular complexity index is 456. The number of nitrogens with zero attached hydrogens (tertiary/aromatic N) is 2. The van der Waals surface area contributed by atoms with Gasteiger partial charge >= 0.3 is 6.18 Å². The van der Waals surface area contributed by atoms with Crippen molar-refractivity contribution in [3.8, 4) is 0 Å². The van der Waals surface area contributed by atoms with Crippen LogP contribution >= 0.6 is 0 Å². The molecule has 0 aromatic heterocycles. The van der Waals surface area contributed by atoms with Crippen molar-refractivity contribution >= 4 is 5.69 Å². The second-order valence-electron chi connectivity index (χ2n) is 5.36. The summed E-state index contributed by atoms with van der Waals surface area (Å²) in [6.45, 7) is 2.92. The lowest BCUT2D eigenvalue weighted by molar-refractivity contribution is -0.146. The number of para-hydroxylation sites is 1. The summed E-state index contributed by atoms with van der Waals surface area (Å²) < 4.78 is 37.2. The van der Waals surface area contributed by atoms with Crippen molar-refractivity contribution in [1.82, 2.24) is 4.90 Å². The maximum atomic E-state index is 12.4. The molecule has 0 amide bonds. The maximum absolute atomic E-state index is 12.4. The molecule has 118 valence electrons. The van der Waals surface area contributed by atoms with Gasteiger partial charge in [0.15, 0.2) is 0 Å². The van der Waals surface area contributed by atoms with Crippen LogP contribution in [0.2, 0.25) is 0 Å². The van der Waals surface area contributed by atoms with E-state index in [4.69, 9.17) is 0 Å². The van der Waals surface area contributed by atoms with Crippen LogP contribution < -0.4 is 4.90 Å². The Hall–Kier alpha value is -1.27. The Balaban J connectivity index is 2.03. The number of rotatable bonds is 4. The predicted molar refractivity (Wildman–Crippen MR) is 76.4 cm³/mol. The van der Waals surface area contributed by atoms with Crippen LogP contribution in [0.25, 0.3) is 0 Å². The van der Waals surface area contributed by atoms with Gasteiger partial charge in [0.25, 0.3) is 0 Å². The molecule has 0 bridgehead atoms. The molecule has 1 fully saturated rings. The summed E-state index contributed by atoms with van der Waals surface area (Å²) in [6.07, 6.45) is -4.06. The number of piperazine rings is 1. The standard InChI is InChI=1S/C15H21F3N2O/c1-2-14(21)12-5-3-4-6-13(12)20-9-7-19(8-10-20)11-15(16,17)18/h3-6,14,21H,2,7-11H2,1H3. The first-order valence-corrected chi connectivity index (χ1v) is 7.21. The Labute approximate surface area is 123 Å². The van der Waals surface area contributed by atoms with Gasteiger partial charge in [-0.3, -0.25) is 4.90 Å². The summed E-state index contributed by atoms with van der Waals surface area (Å²) in [5.41, 5.74) is 1.78. The number of alkyl halides is 3. The average Bonchev–Trinajstić information content (AvgIpc) is 2.45. The highest BCUT2D eigenvalue weighted by atomic mass is 19.4. The van der Waals surface area contributed by atoms with Crippen LogP contribution in [0, 0.1) is 0 Å². The molecule has 0 aliphatic carbocycles. The van der Waals surface area contributed by atoms with E-state index in [1.807, 2.05) is 31.2 Å². The minimum absolute atomic E-state index is 0.385. The number of hydrogen-bond acceptors (Lipinski definition) is 3. The molecule has 3 nitrogen and oxygen atoms in total. The fourth-order valence-electron chi connectivity index (χ4n) is 2.68. The van der Waals surface area contributed by atoms with Gasteiger partial charge in [0.05, 0.1) is 12.6 Å². The van der Waals surface area contributed by atoms with Gasteiger partial charge in [-0.15, -0.1) is 0 Å². The Morgan fingerprint density at radius 1 is 1.14 bits per heavy atom. The minimum Gasteiger partial charge on any atom is -0.388 e. The van der Waals surface area contributed by atoms with Crippen molar-refractivity contribution in [3.05, 3.63) is 29.8 Å². The highest BCUT2D eigenvalue weighted by Gasteiger charge is 2.32. The molecule has 1 aliphatic heterocycles. The molecule has 1 N–H and O–H groups in total. The van der Waals surface area contributed by atoms with Crippen molar-refractivity contribution in [1.29, 1.82) is 0 Å². The maximum Gasteiger partial charge on any atom is 0.401 e. The third kappa shape index (κ3) is 4.35. The highest BCUT2D eigenvalue weighted by Crippen LogP contribution is 2.29.